The van der Waals surface area contributed by atoms with Gasteiger partial charge in [-0.2, -0.15) is 0 Å². The number of halogens is 2. The third kappa shape index (κ3) is 6.40. The van der Waals surface area contributed by atoms with Gasteiger partial charge in [0.15, 0.2) is 11.5 Å². The molecular weight excluding hydrogens is 438 g/mol. The van der Waals surface area contributed by atoms with Crippen molar-refractivity contribution in [2.45, 2.75) is 0 Å². The molecule has 33 heavy (non-hydrogen) atoms. The molecule has 2 amide bonds. The van der Waals surface area contributed by atoms with Gasteiger partial charge < -0.3 is 29.6 Å². The minimum atomic E-state index is -0.721. The number of hydrogen-bond acceptors (Lipinski definition) is 7. The van der Waals surface area contributed by atoms with E-state index in [0.29, 0.717) is 41.4 Å². The first-order valence-electron chi connectivity index (χ1n) is 10.0. The minimum absolute atomic E-state index is 0.0683. The molecule has 0 aliphatic heterocycles. The van der Waals surface area contributed by atoms with Crippen LogP contribution in [0.15, 0.2) is 42.6 Å². The number of hydrogen-bond donors (Lipinski definition) is 3. The van der Waals surface area contributed by atoms with E-state index in [2.05, 4.69) is 15.6 Å². The number of amides is 2. The van der Waals surface area contributed by atoms with Crippen molar-refractivity contribution in [1.29, 1.82) is 0 Å². The highest BCUT2D eigenvalue weighted by molar-refractivity contribution is 5.90. The number of anilines is 1. The maximum absolute atomic E-state index is 14.4. The van der Waals surface area contributed by atoms with Crippen molar-refractivity contribution < 1.29 is 32.5 Å². The third-order valence-corrected chi connectivity index (χ3v) is 4.35. The third-order valence-electron chi connectivity index (χ3n) is 4.35. The Labute approximate surface area is 188 Å². The summed E-state index contributed by atoms with van der Waals surface area (Å²) < 4.78 is 48.6. The molecule has 0 fully saturated rings. The Morgan fingerprint density at radius 1 is 1.09 bits per heavy atom. The highest BCUT2D eigenvalue weighted by Crippen LogP contribution is 2.37. The summed E-state index contributed by atoms with van der Waals surface area (Å²) in [6.07, 6.45) is 1.54. The average molecular weight is 462 g/mol. The summed E-state index contributed by atoms with van der Waals surface area (Å²) in [5, 5.41) is 5.15. The Balaban J connectivity index is 1.84. The smallest absolute Gasteiger partial charge is 0.319 e. The van der Waals surface area contributed by atoms with Gasteiger partial charge in [-0.1, -0.05) is 0 Å². The number of aromatic nitrogens is 1. The molecule has 0 aliphatic rings. The Hall–Kier alpha value is -3.70. The van der Waals surface area contributed by atoms with Gasteiger partial charge in [0.25, 0.3) is 0 Å². The van der Waals surface area contributed by atoms with Gasteiger partial charge in [0, 0.05) is 37.4 Å². The lowest BCUT2D eigenvalue weighted by atomic mass is 10.1. The number of ether oxygens (including phenoxy) is 4. The van der Waals surface area contributed by atoms with Crippen LogP contribution in [0.1, 0.15) is 0 Å². The highest BCUT2D eigenvalue weighted by Gasteiger charge is 2.14. The monoisotopic (exact) mass is 462 g/mol. The molecule has 0 bridgehead atoms. The summed E-state index contributed by atoms with van der Waals surface area (Å²) >= 11 is 0. The normalized spacial score (nSPS) is 10.7. The first-order valence-corrected chi connectivity index (χ1v) is 10.0. The molecule has 11 heteroatoms. The molecule has 0 radical (unpaired) electrons. The molecule has 3 aromatic rings. The lowest BCUT2D eigenvalue weighted by Gasteiger charge is -2.15. The van der Waals surface area contributed by atoms with E-state index in [0.717, 1.165) is 6.07 Å². The van der Waals surface area contributed by atoms with Gasteiger partial charge in [-0.25, -0.2) is 13.6 Å². The zero-order valence-electron chi connectivity index (χ0n) is 17.9. The van der Waals surface area contributed by atoms with Crippen molar-refractivity contribution in [3.63, 3.8) is 0 Å². The van der Waals surface area contributed by atoms with Crippen LogP contribution in [-0.2, 0) is 4.74 Å². The summed E-state index contributed by atoms with van der Waals surface area (Å²) in [6, 6.07) is 8.22. The number of urea groups is 1. The van der Waals surface area contributed by atoms with Crippen molar-refractivity contribution in [2.24, 2.45) is 5.73 Å². The predicted octanol–water partition coefficient (Wildman–Crippen LogP) is 3.58. The summed E-state index contributed by atoms with van der Waals surface area (Å²) in [7, 11) is 1.57. The molecule has 0 unspecified atom stereocenters. The zero-order chi connectivity index (χ0) is 23.6. The van der Waals surface area contributed by atoms with E-state index >= 15 is 0 Å². The van der Waals surface area contributed by atoms with E-state index in [1.54, 1.807) is 31.5 Å². The van der Waals surface area contributed by atoms with Gasteiger partial charge in [-0.15, -0.1) is 0 Å². The van der Waals surface area contributed by atoms with Gasteiger partial charge in [0.05, 0.1) is 17.8 Å². The fourth-order valence-corrected chi connectivity index (χ4v) is 2.88. The summed E-state index contributed by atoms with van der Waals surface area (Å²) in [5.74, 6) is 0.705. The number of benzene rings is 2. The van der Waals surface area contributed by atoms with Crippen LogP contribution in [0.2, 0.25) is 0 Å². The fraction of sp³-hybridized carbons (Fsp3) is 0.273. The molecule has 0 saturated heterocycles. The number of carbonyl (C=O) groups is 1. The van der Waals surface area contributed by atoms with Crippen molar-refractivity contribution in [1.82, 2.24) is 10.3 Å². The summed E-state index contributed by atoms with van der Waals surface area (Å²) in [4.78, 5) is 15.9. The van der Waals surface area contributed by atoms with Crippen LogP contribution in [0.4, 0.5) is 19.3 Å². The van der Waals surface area contributed by atoms with Crippen molar-refractivity contribution in [3.8, 4) is 23.0 Å². The Morgan fingerprint density at radius 3 is 2.64 bits per heavy atom. The number of methoxy groups -OCH3 is 1. The van der Waals surface area contributed by atoms with E-state index in [1.165, 1.54) is 12.1 Å². The van der Waals surface area contributed by atoms with Crippen molar-refractivity contribution >= 4 is 22.6 Å². The molecule has 0 saturated carbocycles. The van der Waals surface area contributed by atoms with Gasteiger partial charge >= 0.3 is 6.03 Å². The molecule has 0 aliphatic carbocycles. The number of fused-ring (bicyclic) bond motifs is 1. The second-order valence-corrected chi connectivity index (χ2v) is 6.59. The molecule has 1 heterocycles. The van der Waals surface area contributed by atoms with Gasteiger partial charge in [-0.3, -0.25) is 10.7 Å². The maximum atomic E-state index is 14.4. The lowest BCUT2D eigenvalue weighted by molar-refractivity contribution is 0.143. The van der Waals surface area contributed by atoms with Crippen LogP contribution in [-0.4, -0.2) is 51.3 Å². The first-order chi connectivity index (χ1) is 16.0. The zero-order valence-corrected chi connectivity index (χ0v) is 17.9. The van der Waals surface area contributed by atoms with E-state index in [-0.39, 0.29) is 24.7 Å². The van der Waals surface area contributed by atoms with Crippen molar-refractivity contribution in [3.05, 3.63) is 48.4 Å². The molecule has 2 aromatic carbocycles. The Bertz CT molecular complexity index is 1100. The number of carbonyl (C=O) groups excluding carboxylic acids is 1. The standard InChI is InChI=1S/C22H24F2N4O5/c1-30-8-9-31-21-12-18-15(11-20(21)32-13-25)19(4-6-26-18)33-14-2-3-17(16(24)10-14)28-22(29)27-7-5-23/h2-4,6,10-12H,5,7-9,13,25H2,1H3,(H2,27,28,29). The molecule has 4 N–H and O–H groups in total. The van der Waals surface area contributed by atoms with Crippen LogP contribution < -0.4 is 30.6 Å². The second kappa shape index (κ2) is 11.8. The fourth-order valence-electron chi connectivity index (χ4n) is 2.88. The highest BCUT2D eigenvalue weighted by atomic mass is 19.1. The van der Waals surface area contributed by atoms with E-state index < -0.39 is 18.5 Å². The minimum Gasteiger partial charge on any atom is -0.487 e. The summed E-state index contributed by atoms with van der Waals surface area (Å²) in [6.45, 7) is -0.253. The molecule has 0 spiro atoms. The quantitative estimate of drug-likeness (QED) is 0.295. The van der Waals surface area contributed by atoms with E-state index in [1.807, 2.05) is 0 Å². The second-order valence-electron chi connectivity index (χ2n) is 6.59. The molecule has 9 nitrogen and oxygen atoms in total. The number of alkyl halides is 1. The van der Waals surface area contributed by atoms with Crippen LogP contribution in [0.5, 0.6) is 23.0 Å². The molecule has 1 aromatic heterocycles. The largest absolute Gasteiger partial charge is 0.487 e. The lowest BCUT2D eigenvalue weighted by Crippen LogP contribution is -2.30. The van der Waals surface area contributed by atoms with Crippen LogP contribution in [0, 0.1) is 5.82 Å². The van der Waals surface area contributed by atoms with Gasteiger partial charge in [0.2, 0.25) is 0 Å². The number of nitrogens with one attached hydrogen (secondary N) is 2. The topological polar surface area (TPSA) is 117 Å². The maximum Gasteiger partial charge on any atom is 0.319 e. The number of nitrogens with two attached hydrogens (primary N) is 1. The molecule has 3 rings (SSSR count). The van der Waals surface area contributed by atoms with Gasteiger partial charge in [-0.05, 0) is 24.3 Å². The average Bonchev–Trinajstić information content (AvgIpc) is 2.80. The van der Waals surface area contributed by atoms with Crippen LogP contribution in [0.25, 0.3) is 10.9 Å². The van der Waals surface area contributed by atoms with E-state index in [9.17, 15) is 13.6 Å². The van der Waals surface area contributed by atoms with Crippen molar-refractivity contribution in [2.75, 3.05) is 45.6 Å². The SMILES string of the molecule is COCCOc1cc2nccc(Oc3ccc(NC(=O)NCCF)c(F)c3)c2cc1OCN. The first kappa shape index (κ1) is 24.0. The predicted molar refractivity (Wildman–Crippen MR) is 118 cm³/mol. The van der Waals surface area contributed by atoms with Crippen LogP contribution >= 0.6 is 0 Å². The number of rotatable bonds is 11. The number of nitrogens with zero attached hydrogens (tertiary/aromatic N) is 1. The Kier molecular flexibility index (Phi) is 8.56. The van der Waals surface area contributed by atoms with Crippen LogP contribution in [0.3, 0.4) is 0 Å². The number of pyridine rings is 1. The van der Waals surface area contributed by atoms with Gasteiger partial charge in [0.1, 0.15) is 37.3 Å². The Morgan fingerprint density at radius 2 is 1.91 bits per heavy atom. The van der Waals surface area contributed by atoms with E-state index in [4.69, 9.17) is 24.7 Å². The summed E-state index contributed by atoms with van der Waals surface area (Å²) in [5.41, 5.74) is 6.03. The molecule has 0 atom stereocenters. The molecule has 176 valence electrons. The molecular formula is C22H24F2N4O5.